The van der Waals surface area contributed by atoms with Crippen molar-refractivity contribution in [2.45, 2.75) is 19.4 Å². The Morgan fingerprint density at radius 2 is 1.70 bits per heavy atom. The van der Waals surface area contributed by atoms with Crippen LogP contribution < -0.4 is 15.4 Å². The molecule has 0 bridgehead atoms. The van der Waals surface area contributed by atoms with Crippen LogP contribution in [0.2, 0.25) is 0 Å². The van der Waals surface area contributed by atoms with Crippen LogP contribution in [0.3, 0.4) is 0 Å². The largest absolute Gasteiger partial charge is 0.494 e. The molecule has 2 aromatic heterocycles. The Bertz CT molecular complexity index is 1360. The van der Waals surface area contributed by atoms with Gasteiger partial charge in [-0.15, -0.1) is 0 Å². The molecule has 1 aliphatic rings. The summed E-state index contributed by atoms with van der Waals surface area (Å²) in [5.74, 6) is 1.57. The summed E-state index contributed by atoms with van der Waals surface area (Å²) in [5, 5.41) is 11.9. The summed E-state index contributed by atoms with van der Waals surface area (Å²) in [6.45, 7) is 2.52. The van der Waals surface area contributed by atoms with Gasteiger partial charge in [0.15, 0.2) is 0 Å². The second kappa shape index (κ2) is 10.9. The van der Waals surface area contributed by atoms with Crippen LogP contribution in [0.25, 0.3) is 0 Å². The number of hydrazone groups is 1. The Labute approximate surface area is 213 Å². The van der Waals surface area contributed by atoms with Crippen molar-refractivity contribution < 1.29 is 23.2 Å². The van der Waals surface area contributed by atoms with E-state index in [4.69, 9.17) is 13.6 Å². The molecule has 3 heterocycles. The van der Waals surface area contributed by atoms with Crippen LogP contribution in [0, 0.1) is 0 Å². The van der Waals surface area contributed by atoms with E-state index in [-0.39, 0.29) is 24.4 Å². The van der Waals surface area contributed by atoms with E-state index < -0.39 is 0 Å². The van der Waals surface area contributed by atoms with Crippen LogP contribution in [0.1, 0.15) is 41.3 Å². The van der Waals surface area contributed by atoms with Crippen molar-refractivity contribution in [2.24, 2.45) is 5.10 Å². The number of nitrogens with one attached hydrogen (secondary N) is 2. The highest BCUT2D eigenvalue weighted by Crippen LogP contribution is 2.33. The molecule has 2 aromatic carbocycles. The Kier molecular flexibility index (Phi) is 7.02. The normalized spacial score (nSPS) is 14.8. The molecule has 9 nitrogen and oxygen atoms in total. The first-order chi connectivity index (χ1) is 18.1. The summed E-state index contributed by atoms with van der Waals surface area (Å²) in [6.07, 6.45) is 3.65. The average Bonchev–Trinajstić information content (AvgIpc) is 3.70. The SMILES string of the molecule is CCOc1ccc(NC(=O)c2ccc(NCC(=O)N3N=C(c4ccco4)CC3c3ccco3)cc2)cc1. The number of nitrogens with zero attached hydrogens (tertiary/aromatic N) is 2. The van der Waals surface area contributed by atoms with E-state index in [9.17, 15) is 9.59 Å². The van der Waals surface area contributed by atoms with E-state index >= 15 is 0 Å². The number of anilines is 2. The third-order valence-corrected chi connectivity index (χ3v) is 5.86. The average molecular weight is 499 g/mol. The van der Waals surface area contributed by atoms with Gasteiger partial charge in [0.25, 0.3) is 11.8 Å². The van der Waals surface area contributed by atoms with Gasteiger partial charge in [0, 0.05) is 23.4 Å². The number of carbonyl (C=O) groups is 2. The lowest BCUT2D eigenvalue weighted by Crippen LogP contribution is -2.32. The number of hydrogen-bond acceptors (Lipinski definition) is 7. The number of benzene rings is 2. The van der Waals surface area contributed by atoms with Crippen molar-refractivity contribution >= 4 is 28.9 Å². The summed E-state index contributed by atoms with van der Waals surface area (Å²) >= 11 is 0. The first-order valence-corrected chi connectivity index (χ1v) is 12.0. The number of hydrogen-bond donors (Lipinski definition) is 2. The third kappa shape index (κ3) is 5.56. The molecule has 1 atom stereocenters. The number of amides is 2. The predicted molar refractivity (Wildman–Crippen MR) is 139 cm³/mol. The van der Waals surface area contributed by atoms with E-state index in [2.05, 4.69) is 15.7 Å². The third-order valence-electron chi connectivity index (χ3n) is 5.86. The highest BCUT2D eigenvalue weighted by Gasteiger charge is 2.35. The van der Waals surface area contributed by atoms with Gasteiger partial charge in [-0.3, -0.25) is 9.59 Å². The first kappa shape index (κ1) is 23.9. The van der Waals surface area contributed by atoms with Crippen molar-refractivity contribution in [1.29, 1.82) is 0 Å². The molecule has 188 valence electrons. The van der Waals surface area contributed by atoms with Crippen LogP contribution in [0.15, 0.2) is 99.3 Å². The molecule has 0 fully saturated rings. The van der Waals surface area contributed by atoms with E-state index in [1.807, 2.05) is 31.2 Å². The minimum atomic E-state index is -0.349. The summed E-state index contributed by atoms with van der Waals surface area (Å²) < 4.78 is 16.4. The van der Waals surface area contributed by atoms with Crippen molar-refractivity contribution in [3.05, 3.63) is 102 Å². The maximum Gasteiger partial charge on any atom is 0.262 e. The van der Waals surface area contributed by atoms with E-state index in [1.54, 1.807) is 61.1 Å². The molecule has 4 aromatic rings. The van der Waals surface area contributed by atoms with E-state index in [0.29, 0.717) is 47.2 Å². The zero-order valence-electron chi connectivity index (χ0n) is 20.2. The minimum absolute atomic E-state index is 0.0177. The van der Waals surface area contributed by atoms with Gasteiger partial charge in [-0.1, -0.05) is 0 Å². The standard InChI is InChI=1S/C28H26N4O5/c1-2-35-22-13-11-21(12-14-22)30-28(34)19-7-9-20(10-8-19)29-18-27(33)32-24(26-6-4-16-37-26)17-23(31-32)25-5-3-15-36-25/h3-16,24,29H,2,17-18H2,1H3,(H,30,34). The van der Waals surface area contributed by atoms with E-state index in [0.717, 1.165) is 5.75 Å². The fourth-order valence-electron chi connectivity index (χ4n) is 4.04. The predicted octanol–water partition coefficient (Wildman–Crippen LogP) is 5.31. The summed E-state index contributed by atoms with van der Waals surface area (Å²) in [4.78, 5) is 25.7. The van der Waals surface area contributed by atoms with Gasteiger partial charge < -0.3 is 24.2 Å². The molecule has 0 radical (unpaired) electrons. The van der Waals surface area contributed by atoms with Crippen LogP contribution >= 0.6 is 0 Å². The summed E-state index contributed by atoms with van der Waals surface area (Å²) in [7, 11) is 0. The minimum Gasteiger partial charge on any atom is -0.494 e. The highest BCUT2D eigenvalue weighted by atomic mass is 16.5. The van der Waals surface area contributed by atoms with Gasteiger partial charge in [-0.25, -0.2) is 5.01 Å². The first-order valence-electron chi connectivity index (χ1n) is 12.0. The maximum absolute atomic E-state index is 13.1. The molecular formula is C28H26N4O5. The monoisotopic (exact) mass is 498 g/mol. The van der Waals surface area contributed by atoms with Crippen molar-refractivity contribution in [3.63, 3.8) is 0 Å². The van der Waals surface area contributed by atoms with Gasteiger partial charge in [-0.05, 0) is 79.7 Å². The molecule has 2 amide bonds. The Balaban J connectivity index is 1.20. The van der Waals surface area contributed by atoms with Crippen molar-refractivity contribution in [1.82, 2.24) is 5.01 Å². The van der Waals surface area contributed by atoms with Gasteiger partial charge in [0.05, 0.1) is 25.7 Å². The van der Waals surface area contributed by atoms with Crippen LogP contribution in [0.5, 0.6) is 5.75 Å². The number of rotatable bonds is 9. The highest BCUT2D eigenvalue weighted by molar-refractivity contribution is 6.04. The van der Waals surface area contributed by atoms with Crippen molar-refractivity contribution in [2.75, 3.05) is 23.8 Å². The molecular weight excluding hydrogens is 472 g/mol. The second-order valence-electron chi connectivity index (χ2n) is 8.34. The lowest BCUT2D eigenvalue weighted by molar-refractivity contribution is -0.131. The number of ether oxygens (including phenoxy) is 1. The zero-order chi connectivity index (χ0) is 25.6. The molecule has 0 saturated heterocycles. The van der Waals surface area contributed by atoms with Crippen LogP contribution in [-0.2, 0) is 4.79 Å². The summed E-state index contributed by atoms with van der Waals surface area (Å²) in [5.41, 5.74) is 2.56. The molecule has 37 heavy (non-hydrogen) atoms. The molecule has 0 saturated carbocycles. The van der Waals surface area contributed by atoms with Gasteiger partial charge >= 0.3 is 0 Å². The maximum atomic E-state index is 13.1. The van der Waals surface area contributed by atoms with Crippen LogP contribution in [0.4, 0.5) is 11.4 Å². The van der Waals surface area contributed by atoms with Crippen molar-refractivity contribution in [3.8, 4) is 5.75 Å². The molecule has 9 heteroatoms. The van der Waals surface area contributed by atoms with E-state index in [1.165, 1.54) is 5.01 Å². The number of carbonyl (C=O) groups excluding carboxylic acids is 2. The van der Waals surface area contributed by atoms with Gasteiger partial charge in [0.2, 0.25) is 0 Å². The Morgan fingerprint density at radius 3 is 2.38 bits per heavy atom. The zero-order valence-corrected chi connectivity index (χ0v) is 20.2. The molecule has 1 unspecified atom stereocenters. The second-order valence-corrected chi connectivity index (χ2v) is 8.34. The lowest BCUT2D eigenvalue weighted by atomic mass is 10.1. The molecule has 0 spiro atoms. The van der Waals surface area contributed by atoms with Gasteiger partial charge in [0.1, 0.15) is 29.0 Å². The fraction of sp³-hybridized carbons (Fsp3) is 0.179. The molecule has 5 rings (SSSR count). The molecule has 0 aliphatic carbocycles. The Morgan fingerprint density at radius 1 is 0.973 bits per heavy atom. The Hall–Kier alpha value is -4.79. The quantitative estimate of drug-likeness (QED) is 0.324. The summed E-state index contributed by atoms with van der Waals surface area (Å²) in [6, 6.07) is 21.0. The van der Waals surface area contributed by atoms with Crippen LogP contribution in [-0.4, -0.2) is 35.7 Å². The lowest BCUT2D eigenvalue weighted by Gasteiger charge is -2.20. The topological polar surface area (TPSA) is 109 Å². The fourth-order valence-corrected chi connectivity index (χ4v) is 4.04. The number of furan rings is 2. The molecule has 2 N–H and O–H groups in total. The molecule has 1 aliphatic heterocycles. The smallest absolute Gasteiger partial charge is 0.262 e. The van der Waals surface area contributed by atoms with Gasteiger partial charge in [-0.2, -0.15) is 5.10 Å².